The van der Waals surface area contributed by atoms with E-state index in [9.17, 15) is 4.79 Å². The molecular weight excluding hydrogens is 390 g/mol. The second-order valence-corrected chi connectivity index (χ2v) is 7.34. The molecule has 0 atom stereocenters. The van der Waals surface area contributed by atoms with Crippen LogP contribution in [0.3, 0.4) is 0 Å². The molecule has 0 saturated carbocycles. The number of hydrogen-bond acceptors (Lipinski definition) is 5. The van der Waals surface area contributed by atoms with Gasteiger partial charge in [0.15, 0.2) is 0 Å². The Morgan fingerprint density at radius 3 is 2.84 bits per heavy atom. The highest BCUT2D eigenvalue weighted by Crippen LogP contribution is 2.26. The van der Waals surface area contributed by atoms with Crippen molar-refractivity contribution in [3.63, 3.8) is 0 Å². The van der Waals surface area contributed by atoms with Crippen LogP contribution in [0.5, 0.6) is 11.6 Å². The Morgan fingerprint density at radius 2 is 2.00 bits per heavy atom. The van der Waals surface area contributed by atoms with E-state index in [2.05, 4.69) is 26.3 Å². The molecule has 0 bridgehead atoms. The maximum atomic E-state index is 11.7. The number of hydrogen-bond donors (Lipinski definition) is 2. The van der Waals surface area contributed by atoms with Gasteiger partial charge >= 0.3 is 0 Å². The van der Waals surface area contributed by atoms with Crippen LogP contribution in [0.15, 0.2) is 66.9 Å². The fraction of sp³-hybridized carbons (Fsp3) is 0.125. The highest BCUT2D eigenvalue weighted by Gasteiger charge is 2.05. The summed E-state index contributed by atoms with van der Waals surface area (Å²) in [5, 5.41) is 4.26. The minimum Gasteiger partial charge on any atom is -0.439 e. The first-order valence-electron chi connectivity index (χ1n) is 9.83. The van der Waals surface area contributed by atoms with Gasteiger partial charge < -0.3 is 19.9 Å². The molecule has 1 amide bonds. The zero-order chi connectivity index (χ0) is 21.8. The molecule has 2 N–H and O–H groups in total. The quantitative estimate of drug-likeness (QED) is 0.439. The third kappa shape index (κ3) is 5.08. The zero-order valence-electron chi connectivity index (χ0n) is 17.6. The van der Waals surface area contributed by atoms with E-state index < -0.39 is 0 Å². The fourth-order valence-corrected chi connectivity index (χ4v) is 3.07. The van der Waals surface area contributed by atoms with Crippen LogP contribution in [-0.2, 0) is 4.79 Å². The van der Waals surface area contributed by atoms with E-state index in [-0.39, 0.29) is 5.91 Å². The molecule has 2 aromatic carbocycles. The van der Waals surface area contributed by atoms with Gasteiger partial charge in [-0.2, -0.15) is 4.98 Å². The Balaban J connectivity index is 1.48. The van der Waals surface area contributed by atoms with Crippen LogP contribution in [-0.4, -0.2) is 39.9 Å². The molecule has 0 aliphatic carbocycles. The normalized spacial score (nSPS) is 11.1. The van der Waals surface area contributed by atoms with Gasteiger partial charge in [-0.15, -0.1) is 0 Å². The molecule has 0 unspecified atom stereocenters. The van der Waals surface area contributed by atoms with E-state index in [1.54, 1.807) is 32.4 Å². The lowest BCUT2D eigenvalue weighted by Gasteiger charge is -2.09. The SMILES string of the molecule is Cc1cc2cc(Oc3ccnc(Nc4cccc(/C=C/C(=O)N(C)C)c4)n3)ccc2[nH]1. The van der Waals surface area contributed by atoms with Gasteiger partial charge in [-0.3, -0.25) is 4.79 Å². The maximum Gasteiger partial charge on any atom is 0.246 e. The Labute approximate surface area is 180 Å². The monoisotopic (exact) mass is 413 g/mol. The van der Waals surface area contributed by atoms with Gasteiger partial charge in [0, 0.05) is 54.7 Å². The van der Waals surface area contributed by atoms with Crippen LogP contribution in [0.25, 0.3) is 17.0 Å². The predicted molar refractivity (Wildman–Crippen MR) is 123 cm³/mol. The summed E-state index contributed by atoms with van der Waals surface area (Å²) in [5.74, 6) is 1.49. The molecule has 31 heavy (non-hydrogen) atoms. The number of benzene rings is 2. The van der Waals surface area contributed by atoms with E-state index >= 15 is 0 Å². The highest BCUT2D eigenvalue weighted by molar-refractivity contribution is 5.91. The van der Waals surface area contributed by atoms with Gasteiger partial charge in [0.2, 0.25) is 17.7 Å². The van der Waals surface area contributed by atoms with Gasteiger partial charge in [-0.05, 0) is 55.0 Å². The molecule has 0 aliphatic rings. The number of carbonyl (C=O) groups excluding carboxylic acids is 1. The second kappa shape index (κ2) is 8.71. The Kier molecular flexibility index (Phi) is 5.66. The second-order valence-electron chi connectivity index (χ2n) is 7.34. The maximum absolute atomic E-state index is 11.7. The van der Waals surface area contributed by atoms with Crippen molar-refractivity contribution in [3.8, 4) is 11.6 Å². The number of fused-ring (bicyclic) bond motifs is 1. The molecule has 4 aromatic rings. The smallest absolute Gasteiger partial charge is 0.246 e. The number of anilines is 2. The van der Waals surface area contributed by atoms with Crippen molar-refractivity contribution in [2.75, 3.05) is 19.4 Å². The van der Waals surface area contributed by atoms with Crippen LogP contribution in [0, 0.1) is 6.92 Å². The first-order valence-corrected chi connectivity index (χ1v) is 9.83. The van der Waals surface area contributed by atoms with Crippen molar-refractivity contribution in [3.05, 3.63) is 78.1 Å². The molecule has 2 aromatic heterocycles. The summed E-state index contributed by atoms with van der Waals surface area (Å²) in [6, 6.07) is 17.3. The number of aryl methyl sites for hydroxylation is 1. The fourth-order valence-electron chi connectivity index (χ4n) is 3.07. The van der Waals surface area contributed by atoms with Crippen LogP contribution in [0.2, 0.25) is 0 Å². The third-order valence-electron chi connectivity index (χ3n) is 4.58. The van der Waals surface area contributed by atoms with Gasteiger partial charge in [0.05, 0.1) is 0 Å². The third-order valence-corrected chi connectivity index (χ3v) is 4.58. The Bertz CT molecular complexity index is 1260. The average Bonchev–Trinajstić information content (AvgIpc) is 3.12. The number of aromatic amines is 1. The zero-order valence-corrected chi connectivity index (χ0v) is 17.6. The first kappa shape index (κ1) is 20.2. The van der Waals surface area contributed by atoms with Gasteiger partial charge in [0.25, 0.3) is 0 Å². The molecule has 156 valence electrons. The highest BCUT2D eigenvalue weighted by atomic mass is 16.5. The van der Waals surface area contributed by atoms with E-state index in [0.717, 1.165) is 27.8 Å². The van der Waals surface area contributed by atoms with Crippen molar-refractivity contribution in [1.29, 1.82) is 0 Å². The number of amides is 1. The van der Waals surface area contributed by atoms with Crippen LogP contribution >= 0.6 is 0 Å². The number of aromatic nitrogens is 3. The largest absolute Gasteiger partial charge is 0.439 e. The van der Waals surface area contributed by atoms with E-state index in [0.29, 0.717) is 17.6 Å². The number of rotatable bonds is 6. The van der Waals surface area contributed by atoms with E-state index in [4.69, 9.17) is 4.74 Å². The number of H-pyrrole nitrogens is 1. The van der Waals surface area contributed by atoms with Crippen LogP contribution in [0.4, 0.5) is 11.6 Å². The van der Waals surface area contributed by atoms with Crippen molar-refractivity contribution in [2.24, 2.45) is 0 Å². The van der Waals surface area contributed by atoms with E-state index in [1.807, 2.05) is 49.4 Å². The molecule has 0 spiro atoms. The lowest BCUT2D eigenvalue weighted by Crippen LogP contribution is -2.18. The minimum absolute atomic E-state index is 0.0699. The number of likely N-dealkylation sites (N-methyl/N-ethyl adjacent to an activating group) is 1. The lowest BCUT2D eigenvalue weighted by atomic mass is 10.2. The summed E-state index contributed by atoms with van der Waals surface area (Å²) in [5.41, 5.74) is 3.86. The van der Waals surface area contributed by atoms with Gasteiger partial charge in [-0.1, -0.05) is 12.1 Å². The van der Waals surface area contributed by atoms with E-state index in [1.165, 1.54) is 11.0 Å². The average molecular weight is 413 g/mol. The first-order chi connectivity index (χ1) is 15.0. The summed E-state index contributed by atoms with van der Waals surface area (Å²) >= 11 is 0. The van der Waals surface area contributed by atoms with Crippen molar-refractivity contribution < 1.29 is 9.53 Å². The molecule has 4 rings (SSSR count). The number of carbonyl (C=O) groups is 1. The minimum atomic E-state index is -0.0699. The number of ether oxygens (including phenoxy) is 1. The van der Waals surface area contributed by atoms with Gasteiger partial charge in [0.1, 0.15) is 5.75 Å². The molecule has 7 heteroatoms. The standard InChI is InChI=1S/C24H23N5O2/c1-16-13-18-15-20(8-9-21(18)26-16)31-22-11-12-25-24(28-22)27-19-6-4-5-17(14-19)7-10-23(30)29(2)3/h4-15,26H,1-3H3,(H,25,27,28)/b10-7+. The van der Waals surface area contributed by atoms with Gasteiger partial charge in [-0.25, -0.2) is 4.98 Å². The summed E-state index contributed by atoms with van der Waals surface area (Å²) < 4.78 is 5.93. The van der Waals surface area contributed by atoms with Crippen LogP contribution < -0.4 is 10.1 Å². The topological polar surface area (TPSA) is 83.1 Å². The summed E-state index contributed by atoms with van der Waals surface area (Å²) in [6.07, 6.45) is 4.95. The number of nitrogens with zero attached hydrogens (tertiary/aromatic N) is 3. The molecule has 7 nitrogen and oxygen atoms in total. The summed E-state index contributed by atoms with van der Waals surface area (Å²) in [4.78, 5) is 25.3. The van der Waals surface area contributed by atoms with Crippen molar-refractivity contribution in [1.82, 2.24) is 19.9 Å². The summed E-state index contributed by atoms with van der Waals surface area (Å²) in [6.45, 7) is 2.02. The lowest BCUT2D eigenvalue weighted by molar-refractivity contribution is -0.123. The van der Waals surface area contributed by atoms with Crippen LogP contribution in [0.1, 0.15) is 11.3 Å². The summed E-state index contributed by atoms with van der Waals surface area (Å²) in [7, 11) is 3.43. The predicted octanol–water partition coefficient (Wildman–Crippen LogP) is 4.90. The van der Waals surface area contributed by atoms with Crippen molar-refractivity contribution in [2.45, 2.75) is 6.92 Å². The van der Waals surface area contributed by atoms with Crippen molar-refractivity contribution >= 4 is 34.5 Å². The molecular formula is C24H23N5O2. The Hall–Kier alpha value is -4.13. The molecule has 0 saturated heterocycles. The molecule has 0 fully saturated rings. The molecule has 2 heterocycles. The number of nitrogens with one attached hydrogen (secondary N) is 2. The Morgan fingerprint density at radius 1 is 1.13 bits per heavy atom. The molecule has 0 radical (unpaired) electrons. The molecule has 0 aliphatic heterocycles.